The maximum absolute atomic E-state index is 11.3. The molecule has 0 amide bonds. The van der Waals surface area contributed by atoms with Crippen molar-refractivity contribution in [3.05, 3.63) is 67.0 Å². The van der Waals surface area contributed by atoms with Gasteiger partial charge in [-0.05, 0) is 17.7 Å². The lowest BCUT2D eigenvalue weighted by atomic mass is 10.2. The zero-order chi connectivity index (χ0) is 14.8. The molecule has 20 heavy (non-hydrogen) atoms. The topological polar surface area (TPSA) is 52.6 Å². The van der Waals surface area contributed by atoms with Crippen molar-refractivity contribution in [2.75, 3.05) is 13.2 Å². The Morgan fingerprint density at radius 2 is 1.85 bits per heavy atom. The number of esters is 1. The molecule has 1 rings (SSSR count). The Morgan fingerprint density at radius 1 is 1.15 bits per heavy atom. The average Bonchev–Trinajstić information content (AvgIpc) is 2.49. The first-order valence-electron chi connectivity index (χ1n) is 6.01. The molecular formula is C16H16O4. The molecule has 0 aromatic heterocycles. The first-order valence-corrected chi connectivity index (χ1v) is 6.01. The van der Waals surface area contributed by atoms with Gasteiger partial charge in [-0.25, -0.2) is 4.79 Å². The summed E-state index contributed by atoms with van der Waals surface area (Å²) >= 11 is 0. The van der Waals surface area contributed by atoms with Crippen LogP contribution in [0.1, 0.15) is 5.56 Å². The molecular weight excluding hydrogens is 256 g/mol. The van der Waals surface area contributed by atoms with Gasteiger partial charge in [0.25, 0.3) is 0 Å². The molecule has 1 aromatic rings. The van der Waals surface area contributed by atoms with E-state index >= 15 is 0 Å². The quantitative estimate of drug-likeness (QED) is 0.182. The molecule has 0 aliphatic carbocycles. The van der Waals surface area contributed by atoms with Crippen LogP contribution in [0, 0.1) is 0 Å². The van der Waals surface area contributed by atoms with Crippen molar-refractivity contribution in [2.24, 2.45) is 0 Å². The van der Waals surface area contributed by atoms with E-state index in [1.807, 2.05) is 30.3 Å². The smallest absolute Gasteiger partial charge is 0.341 e. The first kappa shape index (κ1) is 15.4. The van der Waals surface area contributed by atoms with Crippen LogP contribution in [0.2, 0.25) is 0 Å². The van der Waals surface area contributed by atoms with Crippen molar-refractivity contribution in [1.29, 1.82) is 0 Å². The molecule has 0 aliphatic heterocycles. The maximum atomic E-state index is 11.3. The summed E-state index contributed by atoms with van der Waals surface area (Å²) in [4.78, 5) is 22.4. The zero-order valence-corrected chi connectivity index (χ0v) is 11.1. The van der Waals surface area contributed by atoms with Crippen LogP contribution in [-0.4, -0.2) is 25.0 Å². The lowest BCUT2D eigenvalue weighted by molar-refractivity contribution is -0.141. The summed E-state index contributed by atoms with van der Waals surface area (Å²) in [5.74, 6) is -1.30. The SMILES string of the molecule is C=CC(=O)C(=C)C(=O)OCCOC=Cc1ccccc1. The Balaban J connectivity index is 2.21. The van der Waals surface area contributed by atoms with Crippen LogP contribution in [0.4, 0.5) is 0 Å². The van der Waals surface area contributed by atoms with E-state index in [2.05, 4.69) is 13.2 Å². The highest BCUT2D eigenvalue weighted by atomic mass is 16.6. The summed E-state index contributed by atoms with van der Waals surface area (Å²) in [6.45, 7) is 6.83. The fourth-order valence-electron chi connectivity index (χ4n) is 1.25. The molecule has 0 aliphatic rings. The molecule has 1 aromatic carbocycles. The normalized spacial score (nSPS) is 10.0. The lowest BCUT2D eigenvalue weighted by Crippen LogP contribution is -2.15. The molecule has 0 bridgehead atoms. The first-order chi connectivity index (χ1) is 9.65. The van der Waals surface area contributed by atoms with Crippen LogP contribution in [0.5, 0.6) is 0 Å². The van der Waals surface area contributed by atoms with E-state index in [1.54, 1.807) is 6.08 Å². The average molecular weight is 272 g/mol. The van der Waals surface area contributed by atoms with Crippen LogP contribution in [-0.2, 0) is 19.1 Å². The molecule has 104 valence electrons. The van der Waals surface area contributed by atoms with Gasteiger partial charge in [0.15, 0.2) is 5.78 Å². The molecule has 0 saturated heterocycles. The highest BCUT2D eigenvalue weighted by molar-refractivity contribution is 6.20. The number of rotatable bonds is 8. The Kier molecular flexibility index (Phi) is 6.54. The second-order valence-corrected chi connectivity index (χ2v) is 3.77. The van der Waals surface area contributed by atoms with Crippen LogP contribution in [0.3, 0.4) is 0 Å². The zero-order valence-electron chi connectivity index (χ0n) is 11.1. The van der Waals surface area contributed by atoms with Crippen molar-refractivity contribution in [3.63, 3.8) is 0 Å². The number of ether oxygens (including phenoxy) is 2. The number of benzene rings is 1. The molecule has 0 heterocycles. The predicted molar refractivity (Wildman–Crippen MR) is 76.7 cm³/mol. The fraction of sp³-hybridized carbons (Fsp3) is 0.125. The third-order valence-corrected chi connectivity index (χ3v) is 2.32. The molecule has 0 saturated carbocycles. The van der Waals surface area contributed by atoms with Crippen molar-refractivity contribution >= 4 is 17.8 Å². The van der Waals surface area contributed by atoms with Gasteiger partial charge in [-0.2, -0.15) is 0 Å². The third-order valence-electron chi connectivity index (χ3n) is 2.32. The van der Waals surface area contributed by atoms with Crippen molar-refractivity contribution in [2.45, 2.75) is 0 Å². The van der Waals surface area contributed by atoms with Gasteiger partial charge in [-0.1, -0.05) is 43.5 Å². The molecule has 0 N–H and O–H groups in total. The lowest BCUT2D eigenvalue weighted by Gasteiger charge is -2.04. The van der Waals surface area contributed by atoms with E-state index in [-0.39, 0.29) is 18.8 Å². The van der Waals surface area contributed by atoms with Crippen molar-refractivity contribution < 1.29 is 19.1 Å². The van der Waals surface area contributed by atoms with Gasteiger partial charge < -0.3 is 9.47 Å². The van der Waals surface area contributed by atoms with Crippen molar-refractivity contribution in [3.8, 4) is 0 Å². The summed E-state index contributed by atoms with van der Waals surface area (Å²) in [5.41, 5.74) is 0.772. The highest BCUT2D eigenvalue weighted by Gasteiger charge is 2.13. The molecule has 0 spiro atoms. The van der Waals surface area contributed by atoms with E-state index in [1.165, 1.54) is 6.26 Å². The Hall–Kier alpha value is -2.62. The number of carbonyl (C=O) groups is 2. The monoisotopic (exact) mass is 272 g/mol. The molecule has 4 nitrogen and oxygen atoms in total. The van der Waals surface area contributed by atoms with Crippen molar-refractivity contribution in [1.82, 2.24) is 0 Å². The molecule has 0 unspecified atom stereocenters. The minimum atomic E-state index is -0.759. The van der Waals surface area contributed by atoms with E-state index in [9.17, 15) is 9.59 Å². The van der Waals surface area contributed by atoms with E-state index < -0.39 is 11.8 Å². The number of hydrogen-bond acceptors (Lipinski definition) is 4. The maximum Gasteiger partial charge on any atom is 0.341 e. The van der Waals surface area contributed by atoms with Crippen LogP contribution >= 0.6 is 0 Å². The standard InChI is InChI=1S/C16H16O4/c1-3-15(17)13(2)16(18)20-12-11-19-10-9-14-7-5-4-6-8-14/h3-10H,1-2,11-12H2. The van der Waals surface area contributed by atoms with E-state index in [0.29, 0.717) is 0 Å². The van der Waals surface area contributed by atoms with E-state index in [0.717, 1.165) is 11.6 Å². The van der Waals surface area contributed by atoms with Gasteiger partial charge >= 0.3 is 5.97 Å². The minimum Gasteiger partial charge on any atom is -0.498 e. The van der Waals surface area contributed by atoms with Gasteiger partial charge in [0.1, 0.15) is 13.2 Å². The predicted octanol–water partition coefficient (Wildman–Crippen LogP) is 2.53. The van der Waals surface area contributed by atoms with Gasteiger partial charge in [0, 0.05) is 0 Å². The van der Waals surface area contributed by atoms with Gasteiger partial charge in [0.05, 0.1) is 11.8 Å². The minimum absolute atomic E-state index is 0.0431. The summed E-state index contributed by atoms with van der Waals surface area (Å²) in [7, 11) is 0. The van der Waals surface area contributed by atoms with Gasteiger partial charge in [-0.15, -0.1) is 0 Å². The number of allylic oxidation sites excluding steroid dienone is 1. The van der Waals surface area contributed by atoms with Crippen LogP contribution in [0.15, 0.2) is 61.4 Å². The number of hydrogen-bond donors (Lipinski definition) is 0. The largest absolute Gasteiger partial charge is 0.498 e. The Labute approximate surface area is 118 Å². The number of carbonyl (C=O) groups excluding carboxylic acids is 2. The summed E-state index contributed by atoms with van der Waals surface area (Å²) in [6.07, 6.45) is 4.33. The van der Waals surface area contributed by atoms with Gasteiger partial charge in [0.2, 0.25) is 0 Å². The van der Waals surface area contributed by atoms with Gasteiger partial charge in [-0.3, -0.25) is 4.79 Å². The second kappa shape index (κ2) is 8.48. The third kappa shape index (κ3) is 5.35. The Bertz CT molecular complexity index is 515. The molecule has 4 heteroatoms. The molecule has 0 fully saturated rings. The highest BCUT2D eigenvalue weighted by Crippen LogP contribution is 2.01. The Morgan fingerprint density at radius 3 is 2.50 bits per heavy atom. The van der Waals surface area contributed by atoms with E-state index in [4.69, 9.17) is 9.47 Å². The molecule has 0 radical (unpaired) electrons. The van der Waals surface area contributed by atoms with Crippen LogP contribution in [0.25, 0.3) is 6.08 Å². The second-order valence-electron chi connectivity index (χ2n) is 3.77. The summed E-state index contributed by atoms with van der Waals surface area (Å²) in [5, 5.41) is 0. The fourth-order valence-corrected chi connectivity index (χ4v) is 1.25. The summed E-state index contributed by atoms with van der Waals surface area (Å²) in [6, 6.07) is 9.64. The number of ketones is 1. The van der Waals surface area contributed by atoms with Crippen LogP contribution < -0.4 is 0 Å². The molecule has 0 atom stereocenters. The summed E-state index contributed by atoms with van der Waals surface area (Å²) < 4.78 is 9.98.